The second-order valence-electron chi connectivity index (χ2n) is 12.5. The number of phenolic OH excluding ortho intramolecular Hbond substituents is 1. The molecule has 2 aliphatic heterocycles. The van der Waals surface area contributed by atoms with Gasteiger partial charge in [-0.25, -0.2) is 0 Å². The van der Waals surface area contributed by atoms with Gasteiger partial charge in [-0.2, -0.15) is 0 Å². The second kappa shape index (κ2) is 12.2. The highest BCUT2D eigenvalue weighted by atomic mass is 16.3. The fraction of sp³-hybridized carbons (Fsp3) is 0.472. The Kier molecular flexibility index (Phi) is 8.25. The molecule has 2 atom stereocenters. The van der Waals surface area contributed by atoms with Gasteiger partial charge in [-0.1, -0.05) is 48.5 Å². The summed E-state index contributed by atoms with van der Waals surface area (Å²) in [6, 6.07) is 26.4. The Bertz CT molecular complexity index is 1260. The zero-order valence-corrected chi connectivity index (χ0v) is 23.8. The normalized spacial score (nSPS) is 23.6. The van der Waals surface area contributed by atoms with Gasteiger partial charge in [0.25, 0.3) is 0 Å². The van der Waals surface area contributed by atoms with Crippen LogP contribution in [0.3, 0.4) is 0 Å². The predicted molar refractivity (Wildman–Crippen MR) is 163 cm³/mol. The van der Waals surface area contributed by atoms with Gasteiger partial charge >= 0.3 is 0 Å². The molecule has 2 heterocycles. The van der Waals surface area contributed by atoms with Gasteiger partial charge in [0, 0.05) is 24.7 Å². The van der Waals surface area contributed by atoms with Crippen LogP contribution in [0.1, 0.15) is 85.5 Å². The number of aldehydes is 1. The van der Waals surface area contributed by atoms with Crippen LogP contribution in [0.4, 0.5) is 5.69 Å². The first kappa shape index (κ1) is 27.1. The van der Waals surface area contributed by atoms with E-state index in [1.165, 1.54) is 72.9 Å². The SMILES string of the molecule is O=CCN1CCCC2(CCCN(c3ccc(C4c5ccc(O)cc5CC[C@H]4c4ccccc4)cc3)CCC2)CC1. The Hall–Kier alpha value is -3.11. The van der Waals surface area contributed by atoms with E-state index < -0.39 is 0 Å². The molecular formula is C36H44N2O2. The van der Waals surface area contributed by atoms with E-state index in [-0.39, 0.29) is 0 Å². The lowest BCUT2D eigenvalue weighted by Gasteiger charge is -2.38. The molecule has 3 aromatic carbocycles. The smallest absolute Gasteiger partial charge is 0.133 e. The minimum absolute atomic E-state index is 0.294. The van der Waals surface area contributed by atoms with E-state index in [2.05, 4.69) is 70.5 Å². The number of phenols is 1. The van der Waals surface area contributed by atoms with E-state index in [0.29, 0.717) is 29.5 Å². The summed E-state index contributed by atoms with van der Waals surface area (Å²) in [6.45, 7) is 5.00. The zero-order chi connectivity index (χ0) is 27.4. The summed E-state index contributed by atoms with van der Waals surface area (Å²) in [6.07, 6.45) is 12.1. The van der Waals surface area contributed by atoms with Gasteiger partial charge in [-0.3, -0.25) is 4.90 Å². The average molecular weight is 537 g/mol. The molecule has 4 nitrogen and oxygen atoms in total. The Morgan fingerprint density at radius 1 is 0.800 bits per heavy atom. The second-order valence-corrected chi connectivity index (χ2v) is 12.5. The van der Waals surface area contributed by atoms with Crippen LogP contribution in [0.25, 0.3) is 0 Å². The highest BCUT2D eigenvalue weighted by molar-refractivity contribution is 5.53. The van der Waals surface area contributed by atoms with Crippen molar-refractivity contribution >= 4 is 12.0 Å². The van der Waals surface area contributed by atoms with Crippen LogP contribution in [0.5, 0.6) is 5.75 Å². The molecule has 4 heteroatoms. The highest BCUT2D eigenvalue weighted by Crippen LogP contribution is 2.47. The van der Waals surface area contributed by atoms with E-state index >= 15 is 0 Å². The third-order valence-electron chi connectivity index (χ3n) is 10.2. The maximum absolute atomic E-state index is 11.0. The van der Waals surface area contributed by atoms with Gasteiger partial charge in [0.15, 0.2) is 0 Å². The lowest BCUT2D eigenvalue weighted by Crippen LogP contribution is -2.33. The van der Waals surface area contributed by atoms with Gasteiger partial charge in [0.05, 0.1) is 6.54 Å². The van der Waals surface area contributed by atoms with E-state index in [1.807, 2.05) is 12.1 Å². The molecule has 1 aliphatic carbocycles. The quantitative estimate of drug-likeness (QED) is 0.347. The average Bonchev–Trinajstić information content (AvgIpc) is 3.18. The Balaban J connectivity index is 1.17. The van der Waals surface area contributed by atoms with Crippen molar-refractivity contribution in [3.63, 3.8) is 0 Å². The molecule has 0 bridgehead atoms. The molecule has 2 fully saturated rings. The number of carbonyl (C=O) groups excluding carboxylic acids is 1. The zero-order valence-electron chi connectivity index (χ0n) is 23.8. The molecule has 3 aliphatic rings. The summed E-state index contributed by atoms with van der Waals surface area (Å²) in [4.78, 5) is 16.0. The highest BCUT2D eigenvalue weighted by Gasteiger charge is 2.34. The number of carbonyl (C=O) groups is 1. The summed E-state index contributed by atoms with van der Waals surface area (Å²) in [5.74, 6) is 1.10. The Morgan fingerprint density at radius 2 is 1.52 bits per heavy atom. The number of hydrogen-bond donors (Lipinski definition) is 1. The first-order chi connectivity index (χ1) is 19.6. The number of nitrogens with zero attached hydrogens (tertiary/aromatic N) is 2. The number of anilines is 1. The van der Waals surface area contributed by atoms with Gasteiger partial charge in [0.2, 0.25) is 0 Å². The number of aryl methyl sites for hydroxylation is 1. The van der Waals surface area contributed by atoms with E-state index in [1.54, 1.807) is 0 Å². The Morgan fingerprint density at radius 3 is 2.25 bits per heavy atom. The number of fused-ring (bicyclic) bond motifs is 1. The first-order valence-electron chi connectivity index (χ1n) is 15.5. The number of likely N-dealkylation sites (tertiary alicyclic amines) is 1. The molecule has 6 rings (SSSR count). The largest absolute Gasteiger partial charge is 0.508 e. The molecule has 40 heavy (non-hydrogen) atoms. The number of aromatic hydroxyl groups is 1. The summed E-state index contributed by atoms with van der Waals surface area (Å²) in [7, 11) is 0. The van der Waals surface area contributed by atoms with Gasteiger partial charge in [-0.15, -0.1) is 0 Å². The van der Waals surface area contributed by atoms with Gasteiger partial charge < -0.3 is 14.8 Å². The van der Waals surface area contributed by atoms with Gasteiger partial charge in [0.1, 0.15) is 12.0 Å². The van der Waals surface area contributed by atoms with Crippen molar-refractivity contribution in [1.82, 2.24) is 4.90 Å². The fourth-order valence-electron chi connectivity index (χ4n) is 8.05. The molecule has 0 saturated carbocycles. The Labute approximate surface area is 240 Å². The van der Waals surface area contributed by atoms with E-state index in [9.17, 15) is 9.90 Å². The molecule has 3 aromatic rings. The maximum Gasteiger partial charge on any atom is 0.133 e. The molecular weight excluding hydrogens is 492 g/mol. The maximum atomic E-state index is 11.0. The van der Waals surface area contributed by atoms with Crippen molar-refractivity contribution in [2.24, 2.45) is 5.41 Å². The molecule has 2 saturated heterocycles. The fourth-order valence-corrected chi connectivity index (χ4v) is 8.05. The molecule has 0 radical (unpaired) electrons. The van der Waals surface area contributed by atoms with Crippen molar-refractivity contribution in [1.29, 1.82) is 0 Å². The molecule has 1 spiro atoms. The topological polar surface area (TPSA) is 43.8 Å². The summed E-state index contributed by atoms with van der Waals surface area (Å²) < 4.78 is 0. The third-order valence-corrected chi connectivity index (χ3v) is 10.2. The van der Waals surface area contributed by atoms with Crippen LogP contribution < -0.4 is 4.90 Å². The van der Waals surface area contributed by atoms with Crippen LogP contribution in [-0.4, -0.2) is 49.0 Å². The molecule has 0 aromatic heterocycles. The van der Waals surface area contributed by atoms with Crippen LogP contribution in [-0.2, 0) is 11.2 Å². The van der Waals surface area contributed by atoms with Crippen LogP contribution in [0.15, 0.2) is 72.8 Å². The van der Waals surface area contributed by atoms with E-state index in [0.717, 1.165) is 45.3 Å². The molecule has 210 valence electrons. The van der Waals surface area contributed by atoms with E-state index in [4.69, 9.17) is 0 Å². The monoisotopic (exact) mass is 536 g/mol. The molecule has 1 N–H and O–H groups in total. The van der Waals surface area contributed by atoms with Crippen molar-refractivity contribution < 1.29 is 9.90 Å². The lowest BCUT2D eigenvalue weighted by molar-refractivity contribution is -0.108. The lowest BCUT2D eigenvalue weighted by atomic mass is 9.69. The first-order valence-corrected chi connectivity index (χ1v) is 15.5. The minimum Gasteiger partial charge on any atom is -0.508 e. The molecule has 0 amide bonds. The van der Waals surface area contributed by atoms with Crippen LogP contribution >= 0.6 is 0 Å². The summed E-state index contributed by atoms with van der Waals surface area (Å²) >= 11 is 0. The summed E-state index contributed by atoms with van der Waals surface area (Å²) in [5.41, 5.74) is 7.23. The van der Waals surface area contributed by atoms with Gasteiger partial charge in [-0.05, 0) is 129 Å². The van der Waals surface area contributed by atoms with Crippen LogP contribution in [0.2, 0.25) is 0 Å². The standard InChI is InChI=1S/C36H44N2O2/c39-26-25-37-21-4-17-36(20-24-37)18-5-22-38(23-6-19-36)31-12-9-29(10-13-31)35-33(28-7-2-1-3-8-28)15-11-30-27-32(40)14-16-34(30)35/h1-3,7-10,12-14,16,26-27,33,35,40H,4-6,11,15,17-25H2/t33-,35?/m0/s1. The predicted octanol–water partition coefficient (Wildman–Crippen LogP) is 7.31. The molecule has 1 unspecified atom stereocenters. The minimum atomic E-state index is 0.294. The van der Waals surface area contributed by atoms with Crippen molar-refractivity contribution in [3.05, 3.63) is 95.1 Å². The number of benzene rings is 3. The van der Waals surface area contributed by atoms with Crippen LogP contribution in [0, 0.1) is 5.41 Å². The number of rotatable bonds is 5. The van der Waals surface area contributed by atoms with Crippen molar-refractivity contribution in [3.8, 4) is 5.75 Å². The van der Waals surface area contributed by atoms with Crippen molar-refractivity contribution in [2.45, 2.75) is 69.6 Å². The van der Waals surface area contributed by atoms with Crippen molar-refractivity contribution in [2.75, 3.05) is 37.6 Å². The third kappa shape index (κ3) is 5.83. The summed E-state index contributed by atoms with van der Waals surface area (Å²) in [5, 5.41) is 10.2. The number of hydrogen-bond acceptors (Lipinski definition) is 4.